The third-order valence-electron chi connectivity index (χ3n) is 3.87. The van der Waals surface area contributed by atoms with E-state index in [1.54, 1.807) is 0 Å². The van der Waals surface area contributed by atoms with E-state index in [4.69, 9.17) is 0 Å². The number of hydrogen-bond donors (Lipinski definition) is 1. The fourth-order valence-corrected chi connectivity index (χ4v) is 2.39. The highest BCUT2D eigenvalue weighted by Gasteiger charge is 2.21. The second-order valence-corrected chi connectivity index (χ2v) is 6.24. The van der Waals surface area contributed by atoms with E-state index >= 15 is 0 Å². The molecular weight excluding hydrogens is 250 g/mol. The van der Waals surface area contributed by atoms with Gasteiger partial charge >= 0.3 is 0 Å². The molecule has 1 rings (SSSR count). The van der Waals surface area contributed by atoms with Gasteiger partial charge in [-0.1, -0.05) is 27.7 Å². The summed E-state index contributed by atoms with van der Waals surface area (Å²) in [5, 5.41) is 3.42. The predicted octanol–water partition coefficient (Wildman–Crippen LogP) is 1.95. The lowest BCUT2D eigenvalue weighted by molar-refractivity contribution is -0.131. The molecule has 4 nitrogen and oxygen atoms in total. The summed E-state index contributed by atoms with van der Waals surface area (Å²) in [6.45, 7) is 14.4. The average molecular weight is 283 g/mol. The molecule has 1 amide bonds. The lowest BCUT2D eigenvalue weighted by Gasteiger charge is -2.28. The van der Waals surface area contributed by atoms with Crippen molar-refractivity contribution in [1.82, 2.24) is 15.1 Å². The molecular formula is C16H33N3O. The van der Waals surface area contributed by atoms with Crippen molar-refractivity contribution in [2.24, 2.45) is 5.92 Å². The van der Waals surface area contributed by atoms with Crippen molar-refractivity contribution in [3.8, 4) is 0 Å². The average Bonchev–Trinajstić information content (AvgIpc) is 3.22. The molecule has 1 N–H and O–H groups in total. The molecule has 0 spiro atoms. The molecule has 20 heavy (non-hydrogen) atoms. The third kappa shape index (κ3) is 7.25. The molecule has 0 heterocycles. The molecule has 0 bridgehead atoms. The number of hydrogen-bond acceptors (Lipinski definition) is 3. The van der Waals surface area contributed by atoms with Crippen molar-refractivity contribution in [3.05, 3.63) is 0 Å². The highest BCUT2D eigenvalue weighted by atomic mass is 16.2. The summed E-state index contributed by atoms with van der Waals surface area (Å²) >= 11 is 0. The lowest BCUT2D eigenvalue weighted by atomic mass is 10.2. The summed E-state index contributed by atoms with van der Waals surface area (Å²) in [7, 11) is 0. The first-order valence-electron chi connectivity index (χ1n) is 8.30. The van der Waals surface area contributed by atoms with Gasteiger partial charge in [-0.15, -0.1) is 0 Å². The van der Waals surface area contributed by atoms with Crippen molar-refractivity contribution < 1.29 is 4.79 Å². The van der Waals surface area contributed by atoms with Crippen LogP contribution in [0.5, 0.6) is 0 Å². The van der Waals surface area contributed by atoms with Crippen LogP contribution >= 0.6 is 0 Å². The Balaban J connectivity index is 2.33. The van der Waals surface area contributed by atoms with Crippen LogP contribution in [0.1, 0.15) is 47.0 Å². The minimum absolute atomic E-state index is 0.305. The predicted molar refractivity (Wildman–Crippen MR) is 84.8 cm³/mol. The molecule has 0 aromatic carbocycles. The molecule has 1 aliphatic rings. The fourth-order valence-electron chi connectivity index (χ4n) is 2.39. The second kappa shape index (κ2) is 9.35. The van der Waals surface area contributed by atoms with Crippen LogP contribution in [-0.2, 0) is 4.79 Å². The van der Waals surface area contributed by atoms with Gasteiger partial charge in [0, 0.05) is 38.6 Å². The number of amides is 1. The van der Waals surface area contributed by atoms with Crippen LogP contribution in [0.15, 0.2) is 0 Å². The Hall–Kier alpha value is -0.610. The van der Waals surface area contributed by atoms with Gasteiger partial charge in [0.05, 0.1) is 0 Å². The van der Waals surface area contributed by atoms with E-state index in [1.165, 1.54) is 12.8 Å². The Morgan fingerprint density at radius 3 is 2.35 bits per heavy atom. The Bertz CT molecular complexity index is 273. The van der Waals surface area contributed by atoms with Gasteiger partial charge in [0.2, 0.25) is 5.91 Å². The smallest absolute Gasteiger partial charge is 0.223 e. The summed E-state index contributed by atoms with van der Waals surface area (Å²) in [5.41, 5.74) is 0. The number of nitrogens with zero attached hydrogens (tertiary/aromatic N) is 2. The summed E-state index contributed by atoms with van der Waals surface area (Å²) < 4.78 is 0. The van der Waals surface area contributed by atoms with E-state index in [0.29, 0.717) is 24.3 Å². The maximum absolute atomic E-state index is 12.3. The van der Waals surface area contributed by atoms with Crippen LogP contribution in [0.2, 0.25) is 0 Å². The van der Waals surface area contributed by atoms with Gasteiger partial charge in [-0.2, -0.15) is 0 Å². The van der Waals surface area contributed by atoms with Gasteiger partial charge in [0.25, 0.3) is 0 Å². The van der Waals surface area contributed by atoms with Gasteiger partial charge in [-0.05, 0) is 31.8 Å². The molecule has 4 heteroatoms. The Labute approximate surface area is 124 Å². The Morgan fingerprint density at radius 2 is 1.85 bits per heavy atom. The quantitative estimate of drug-likeness (QED) is 0.629. The SMILES string of the molecule is CCN(CC)CCN(CC(C)C)C(=O)CCNC1CC1. The molecule has 118 valence electrons. The molecule has 0 radical (unpaired) electrons. The topological polar surface area (TPSA) is 35.6 Å². The normalized spacial score (nSPS) is 15.1. The molecule has 0 unspecified atom stereocenters. The monoisotopic (exact) mass is 283 g/mol. The van der Waals surface area contributed by atoms with Gasteiger partial charge in [-0.3, -0.25) is 4.79 Å². The fraction of sp³-hybridized carbons (Fsp3) is 0.938. The van der Waals surface area contributed by atoms with Gasteiger partial charge in [-0.25, -0.2) is 0 Å². The molecule has 0 aliphatic heterocycles. The molecule has 1 fully saturated rings. The van der Waals surface area contributed by atoms with E-state index in [9.17, 15) is 4.79 Å². The first-order valence-corrected chi connectivity index (χ1v) is 8.30. The van der Waals surface area contributed by atoms with Crippen molar-refractivity contribution in [2.45, 2.75) is 53.0 Å². The van der Waals surface area contributed by atoms with E-state index in [1.807, 2.05) is 0 Å². The molecule has 0 aromatic rings. The third-order valence-corrected chi connectivity index (χ3v) is 3.87. The van der Waals surface area contributed by atoms with Crippen LogP contribution in [0.25, 0.3) is 0 Å². The van der Waals surface area contributed by atoms with Crippen molar-refractivity contribution in [1.29, 1.82) is 0 Å². The highest BCUT2D eigenvalue weighted by Crippen LogP contribution is 2.18. The Kier molecular flexibility index (Phi) is 8.15. The Morgan fingerprint density at radius 1 is 1.20 bits per heavy atom. The first-order chi connectivity index (χ1) is 9.56. The van der Waals surface area contributed by atoms with Crippen LogP contribution in [-0.4, -0.2) is 61.0 Å². The number of likely N-dealkylation sites (N-methyl/N-ethyl adjacent to an activating group) is 1. The summed E-state index contributed by atoms with van der Waals surface area (Å²) in [6.07, 6.45) is 3.21. The largest absolute Gasteiger partial charge is 0.341 e. The number of carbonyl (C=O) groups is 1. The number of carbonyl (C=O) groups excluding carboxylic acids is 1. The van der Waals surface area contributed by atoms with Crippen molar-refractivity contribution in [2.75, 3.05) is 39.3 Å². The zero-order valence-electron chi connectivity index (χ0n) is 13.8. The zero-order valence-corrected chi connectivity index (χ0v) is 13.8. The minimum atomic E-state index is 0.305. The number of nitrogens with one attached hydrogen (secondary N) is 1. The first kappa shape index (κ1) is 17.4. The molecule has 1 aliphatic carbocycles. The zero-order chi connectivity index (χ0) is 15.0. The molecule has 0 atom stereocenters. The van der Waals surface area contributed by atoms with Crippen LogP contribution in [0.4, 0.5) is 0 Å². The van der Waals surface area contributed by atoms with Gasteiger partial charge in [0.1, 0.15) is 0 Å². The van der Waals surface area contributed by atoms with E-state index < -0.39 is 0 Å². The summed E-state index contributed by atoms with van der Waals surface area (Å²) in [5.74, 6) is 0.839. The van der Waals surface area contributed by atoms with Gasteiger partial charge < -0.3 is 15.1 Å². The van der Waals surface area contributed by atoms with Crippen LogP contribution in [0.3, 0.4) is 0 Å². The second-order valence-electron chi connectivity index (χ2n) is 6.24. The summed E-state index contributed by atoms with van der Waals surface area (Å²) in [4.78, 5) is 16.8. The van der Waals surface area contributed by atoms with Gasteiger partial charge in [0.15, 0.2) is 0 Å². The minimum Gasteiger partial charge on any atom is -0.341 e. The molecule has 0 saturated heterocycles. The van der Waals surface area contributed by atoms with Crippen LogP contribution < -0.4 is 5.32 Å². The maximum Gasteiger partial charge on any atom is 0.223 e. The standard InChI is InChI=1S/C16H33N3O/c1-5-18(6-2)11-12-19(13-14(3)4)16(20)9-10-17-15-7-8-15/h14-15,17H,5-13H2,1-4H3. The van der Waals surface area contributed by atoms with Crippen molar-refractivity contribution >= 4 is 5.91 Å². The van der Waals surface area contributed by atoms with E-state index in [0.717, 1.165) is 39.3 Å². The highest BCUT2D eigenvalue weighted by molar-refractivity contribution is 5.76. The van der Waals surface area contributed by atoms with Crippen molar-refractivity contribution in [3.63, 3.8) is 0 Å². The maximum atomic E-state index is 12.3. The van der Waals surface area contributed by atoms with Crippen LogP contribution in [0, 0.1) is 5.92 Å². The number of rotatable bonds is 11. The van der Waals surface area contributed by atoms with E-state index in [-0.39, 0.29) is 0 Å². The lowest BCUT2D eigenvalue weighted by Crippen LogP contribution is -2.41. The molecule has 1 saturated carbocycles. The summed E-state index contributed by atoms with van der Waals surface area (Å²) in [6, 6.07) is 0.692. The molecule has 0 aromatic heterocycles. The van der Waals surface area contributed by atoms with E-state index in [2.05, 4.69) is 42.8 Å².